The smallest absolute Gasteiger partial charge is 0.0165 e. The molecule has 0 amide bonds. The van der Waals surface area contributed by atoms with Gasteiger partial charge in [-0.1, -0.05) is 45.9 Å². The van der Waals surface area contributed by atoms with E-state index in [4.69, 9.17) is 0 Å². The van der Waals surface area contributed by atoms with E-state index in [0.717, 1.165) is 50.8 Å². The van der Waals surface area contributed by atoms with Gasteiger partial charge in [0.25, 0.3) is 0 Å². The maximum Gasteiger partial charge on any atom is 0.0165 e. The van der Waals surface area contributed by atoms with E-state index >= 15 is 0 Å². The highest BCUT2D eigenvalue weighted by atomic mass is 33.1. The van der Waals surface area contributed by atoms with E-state index in [1.807, 2.05) is 45.9 Å². The quantitative estimate of drug-likeness (QED) is 0.258. The van der Waals surface area contributed by atoms with Crippen LogP contribution in [0.1, 0.15) is 0 Å². The van der Waals surface area contributed by atoms with Crippen LogP contribution in [-0.4, -0.2) is 60.6 Å². The van der Waals surface area contributed by atoms with Crippen LogP contribution >= 0.6 is 21.6 Å². The third-order valence-corrected chi connectivity index (χ3v) is 4.98. The molecule has 0 aliphatic heterocycles. The van der Waals surface area contributed by atoms with Gasteiger partial charge in [0.15, 0.2) is 0 Å². The predicted molar refractivity (Wildman–Crippen MR) is 98.6 cm³/mol. The van der Waals surface area contributed by atoms with Crippen molar-refractivity contribution in [3.63, 3.8) is 0 Å². The lowest BCUT2D eigenvalue weighted by atomic mass is 10.4. The monoisotopic (exact) mass is 312 g/mol. The molecule has 114 valence electrons. The first-order valence-corrected chi connectivity index (χ1v) is 9.40. The van der Waals surface area contributed by atoms with Crippen molar-refractivity contribution in [3.8, 4) is 0 Å². The minimum Gasteiger partial charge on any atom is -0.295 e. The van der Waals surface area contributed by atoms with Crippen LogP contribution in [0.25, 0.3) is 0 Å². The minimum absolute atomic E-state index is 0.934. The van der Waals surface area contributed by atoms with E-state index in [-0.39, 0.29) is 0 Å². The van der Waals surface area contributed by atoms with Crippen LogP contribution in [0, 0.1) is 0 Å². The van der Waals surface area contributed by atoms with Crippen molar-refractivity contribution < 1.29 is 0 Å². The van der Waals surface area contributed by atoms with E-state index < -0.39 is 0 Å². The maximum atomic E-state index is 3.79. The zero-order valence-corrected chi connectivity index (χ0v) is 14.1. The molecule has 0 aromatic carbocycles. The number of hydrogen-bond acceptors (Lipinski definition) is 4. The normalized spacial score (nSPS) is 10.7. The Balaban J connectivity index is 3.63. The highest BCUT2D eigenvalue weighted by Gasteiger charge is 2.02. The highest BCUT2D eigenvalue weighted by Crippen LogP contribution is 2.20. The Morgan fingerprint density at radius 1 is 0.600 bits per heavy atom. The first-order valence-electron chi connectivity index (χ1n) is 6.91. The Hall–Kier alpha value is -0.420. The van der Waals surface area contributed by atoms with E-state index in [0.29, 0.717) is 0 Å². The van der Waals surface area contributed by atoms with Crippen LogP contribution in [0.3, 0.4) is 0 Å². The third kappa shape index (κ3) is 11.4. The summed E-state index contributed by atoms with van der Waals surface area (Å²) in [6.07, 6.45) is 7.79. The molecule has 0 unspecified atom stereocenters. The van der Waals surface area contributed by atoms with E-state index in [1.54, 1.807) is 0 Å². The van der Waals surface area contributed by atoms with Crippen molar-refractivity contribution in [1.82, 2.24) is 9.80 Å². The van der Waals surface area contributed by atoms with Gasteiger partial charge in [-0.3, -0.25) is 9.80 Å². The standard InChI is InChI=1S/C16H28N2S2/c1-5-9-17(10-6-2)13-15-19-20-16-14-18(11-7-3)12-8-4/h5-8H,1-4,9-16H2. The summed E-state index contributed by atoms with van der Waals surface area (Å²) in [5, 5.41) is 0. The first kappa shape index (κ1) is 19.6. The second kappa shape index (κ2) is 15.0. The van der Waals surface area contributed by atoms with Crippen LogP contribution in [0.2, 0.25) is 0 Å². The molecule has 0 aromatic heterocycles. The fourth-order valence-electron chi connectivity index (χ4n) is 1.70. The van der Waals surface area contributed by atoms with Gasteiger partial charge in [-0.15, -0.1) is 26.3 Å². The van der Waals surface area contributed by atoms with Gasteiger partial charge in [-0.05, 0) is 0 Å². The van der Waals surface area contributed by atoms with E-state index in [2.05, 4.69) is 36.1 Å². The van der Waals surface area contributed by atoms with Gasteiger partial charge in [0.2, 0.25) is 0 Å². The molecule has 0 atom stereocenters. The van der Waals surface area contributed by atoms with Gasteiger partial charge in [0.1, 0.15) is 0 Å². The summed E-state index contributed by atoms with van der Waals surface area (Å²) in [5.41, 5.74) is 0. The molecule has 0 saturated carbocycles. The van der Waals surface area contributed by atoms with E-state index in [1.165, 1.54) is 0 Å². The average molecular weight is 313 g/mol. The molecule has 0 aliphatic carbocycles. The lowest BCUT2D eigenvalue weighted by Crippen LogP contribution is -2.27. The molecular formula is C16H28N2S2. The molecule has 4 heteroatoms. The zero-order valence-electron chi connectivity index (χ0n) is 12.5. The average Bonchev–Trinajstić information content (AvgIpc) is 2.43. The molecular weight excluding hydrogens is 284 g/mol. The largest absolute Gasteiger partial charge is 0.295 e. The Bertz CT molecular complexity index is 232. The molecule has 0 aromatic rings. The van der Waals surface area contributed by atoms with Gasteiger partial charge >= 0.3 is 0 Å². The van der Waals surface area contributed by atoms with Crippen molar-refractivity contribution in [2.45, 2.75) is 0 Å². The van der Waals surface area contributed by atoms with Gasteiger partial charge in [-0.2, -0.15) is 0 Å². The van der Waals surface area contributed by atoms with E-state index in [9.17, 15) is 0 Å². The summed E-state index contributed by atoms with van der Waals surface area (Å²) in [4.78, 5) is 4.69. The van der Waals surface area contributed by atoms with Gasteiger partial charge < -0.3 is 0 Å². The van der Waals surface area contributed by atoms with Crippen molar-refractivity contribution in [1.29, 1.82) is 0 Å². The van der Waals surface area contributed by atoms with Crippen LogP contribution < -0.4 is 0 Å². The summed E-state index contributed by atoms with van der Waals surface area (Å²) in [6, 6.07) is 0. The number of rotatable bonds is 15. The Kier molecular flexibility index (Phi) is 14.7. The third-order valence-electron chi connectivity index (χ3n) is 2.61. The summed E-state index contributed by atoms with van der Waals surface area (Å²) in [6.45, 7) is 21.0. The highest BCUT2D eigenvalue weighted by molar-refractivity contribution is 8.76. The summed E-state index contributed by atoms with van der Waals surface area (Å²) in [7, 11) is 3.88. The fraction of sp³-hybridized carbons (Fsp3) is 0.500. The topological polar surface area (TPSA) is 6.48 Å². The summed E-state index contributed by atoms with van der Waals surface area (Å²) >= 11 is 0. The first-order chi connectivity index (χ1) is 9.78. The lowest BCUT2D eigenvalue weighted by molar-refractivity contribution is 0.357. The Labute approximate surface area is 133 Å². The second-order valence-electron chi connectivity index (χ2n) is 4.32. The molecule has 20 heavy (non-hydrogen) atoms. The van der Waals surface area contributed by atoms with Crippen LogP contribution in [0.4, 0.5) is 0 Å². The van der Waals surface area contributed by atoms with Gasteiger partial charge in [0, 0.05) is 50.8 Å². The molecule has 0 saturated heterocycles. The summed E-state index contributed by atoms with van der Waals surface area (Å²) < 4.78 is 0. The molecule has 2 nitrogen and oxygen atoms in total. The van der Waals surface area contributed by atoms with Crippen LogP contribution in [0.15, 0.2) is 50.6 Å². The molecule has 0 aliphatic rings. The van der Waals surface area contributed by atoms with Crippen molar-refractivity contribution >= 4 is 21.6 Å². The minimum atomic E-state index is 0.934. The van der Waals surface area contributed by atoms with Gasteiger partial charge in [-0.25, -0.2) is 0 Å². The number of nitrogens with zero attached hydrogens (tertiary/aromatic N) is 2. The molecule has 0 radical (unpaired) electrons. The predicted octanol–water partition coefficient (Wildman–Crippen LogP) is 3.72. The molecule has 0 bridgehead atoms. The lowest BCUT2D eigenvalue weighted by Gasteiger charge is -2.19. The molecule has 0 rings (SSSR count). The van der Waals surface area contributed by atoms with Crippen molar-refractivity contribution in [3.05, 3.63) is 50.6 Å². The second-order valence-corrected chi connectivity index (χ2v) is 7.02. The Morgan fingerprint density at radius 2 is 0.900 bits per heavy atom. The molecule has 0 N–H and O–H groups in total. The van der Waals surface area contributed by atoms with Crippen LogP contribution in [-0.2, 0) is 0 Å². The molecule has 0 fully saturated rings. The summed E-state index contributed by atoms with van der Waals surface area (Å²) in [5.74, 6) is 2.27. The molecule has 0 spiro atoms. The maximum absolute atomic E-state index is 3.79. The number of hydrogen-bond donors (Lipinski definition) is 0. The zero-order chi connectivity index (χ0) is 15.1. The van der Waals surface area contributed by atoms with Crippen molar-refractivity contribution in [2.75, 3.05) is 50.8 Å². The van der Waals surface area contributed by atoms with Gasteiger partial charge in [0.05, 0.1) is 0 Å². The fourth-order valence-corrected chi connectivity index (χ4v) is 3.75. The molecule has 0 heterocycles. The van der Waals surface area contributed by atoms with Crippen LogP contribution in [0.5, 0.6) is 0 Å². The Morgan fingerprint density at radius 3 is 1.15 bits per heavy atom. The van der Waals surface area contributed by atoms with Crippen molar-refractivity contribution in [2.24, 2.45) is 0 Å². The SMILES string of the molecule is C=CCN(CC=C)CCSSCCN(CC=C)CC=C.